The Morgan fingerprint density at radius 2 is 1.81 bits per heavy atom. The zero-order chi connectivity index (χ0) is 19.6. The normalized spacial score (nSPS) is 21.6. The molecule has 2 bridgehead atoms. The van der Waals surface area contributed by atoms with E-state index in [1.54, 1.807) is 43.3 Å². The minimum Gasteiger partial charge on any atom is -0.347 e. The molecule has 1 N–H and O–H groups in total. The standard InChI is InChI=1S/C19H24N4O4/c1-21(2)16(24)12-23-15-9-8-13(18(23)26)10-22(11-15)19(27)17(25)20-14-6-4-3-5-7-14/h3-7,13,15H,8-12H2,1-2H3,(H,20,25)/t13-,15+/m0/s1. The molecule has 0 aromatic heterocycles. The number of rotatable bonds is 3. The third-order valence-corrected chi connectivity index (χ3v) is 5.11. The summed E-state index contributed by atoms with van der Waals surface area (Å²) in [5, 5.41) is 2.59. The predicted molar refractivity (Wildman–Crippen MR) is 98.6 cm³/mol. The van der Waals surface area contributed by atoms with Crippen LogP contribution in [0, 0.1) is 5.92 Å². The second-order valence-corrected chi connectivity index (χ2v) is 7.21. The van der Waals surface area contributed by atoms with Crippen LogP contribution in [0.15, 0.2) is 30.3 Å². The number of piperidine rings is 1. The number of hydrogen-bond acceptors (Lipinski definition) is 4. The topological polar surface area (TPSA) is 90.0 Å². The molecule has 3 fully saturated rings. The maximum Gasteiger partial charge on any atom is 0.313 e. The smallest absolute Gasteiger partial charge is 0.313 e. The van der Waals surface area contributed by atoms with E-state index in [0.29, 0.717) is 12.1 Å². The number of likely N-dealkylation sites (N-methyl/N-ethyl adjacent to an activating group) is 1. The summed E-state index contributed by atoms with van der Waals surface area (Å²) in [6.07, 6.45) is 1.39. The lowest BCUT2D eigenvalue weighted by atomic mass is 9.94. The van der Waals surface area contributed by atoms with E-state index < -0.39 is 11.8 Å². The maximum atomic E-state index is 12.7. The van der Waals surface area contributed by atoms with Crippen molar-refractivity contribution in [3.63, 3.8) is 0 Å². The third-order valence-electron chi connectivity index (χ3n) is 5.11. The number of fused-ring (bicyclic) bond motifs is 4. The average Bonchev–Trinajstić information content (AvgIpc) is 2.94. The molecule has 0 aliphatic carbocycles. The van der Waals surface area contributed by atoms with Crippen molar-refractivity contribution in [3.8, 4) is 0 Å². The molecule has 0 radical (unpaired) electrons. The van der Waals surface area contributed by atoms with E-state index in [4.69, 9.17) is 0 Å². The van der Waals surface area contributed by atoms with Gasteiger partial charge in [-0.05, 0) is 25.0 Å². The maximum absolute atomic E-state index is 12.7. The minimum atomic E-state index is -0.717. The Morgan fingerprint density at radius 1 is 1.11 bits per heavy atom. The Bertz CT molecular complexity index is 749. The predicted octanol–water partition coefficient (Wildman–Crippen LogP) is 0.163. The van der Waals surface area contributed by atoms with Crippen molar-refractivity contribution in [2.45, 2.75) is 18.9 Å². The van der Waals surface area contributed by atoms with Crippen LogP contribution in [0.3, 0.4) is 0 Å². The number of nitrogens with one attached hydrogen (secondary N) is 1. The number of amides is 4. The van der Waals surface area contributed by atoms with Gasteiger partial charge in [0.25, 0.3) is 0 Å². The van der Waals surface area contributed by atoms with Gasteiger partial charge < -0.3 is 20.0 Å². The average molecular weight is 372 g/mol. The minimum absolute atomic E-state index is 0.00520. The number of carbonyl (C=O) groups excluding carboxylic acids is 4. The highest BCUT2D eigenvalue weighted by Crippen LogP contribution is 2.29. The lowest BCUT2D eigenvalue weighted by molar-refractivity contribution is -0.145. The van der Waals surface area contributed by atoms with Gasteiger partial charge >= 0.3 is 11.8 Å². The van der Waals surface area contributed by atoms with E-state index >= 15 is 0 Å². The van der Waals surface area contributed by atoms with Gasteiger partial charge in [0.15, 0.2) is 0 Å². The van der Waals surface area contributed by atoms with Crippen LogP contribution in [-0.4, -0.2) is 78.1 Å². The molecule has 3 aliphatic heterocycles. The van der Waals surface area contributed by atoms with Crippen molar-refractivity contribution in [1.29, 1.82) is 0 Å². The van der Waals surface area contributed by atoms with Crippen LogP contribution >= 0.6 is 0 Å². The molecule has 8 heteroatoms. The Morgan fingerprint density at radius 3 is 2.48 bits per heavy atom. The molecule has 1 aromatic rings. The number of hydrogen-bond donors (Lipinski definition) is 1. The van der Waals surface area contributed by atoms with Gasteiger partial charge in [-0.2, -0.15) is 0 Å². The van der Waals surface area contributed by atoms with Gasteiger partial charge in [-0.3, -0.25) is 19.2 Å². The van der Waals surface area contributed by atoms with Gasteiger partial charge in [0.2, 0.25) is 11.8 Å². The number of para-hydroxylation sites is 1. The summed E-state index contributed by atoms with van der Waals surface area (Å²) in [7, 11) is 3.29. The van der Waals surface area contributed by atoms with E-state index in [0.717, 1.165) is 6.42 Å². The molecule has 4 rings (SSSR count). The van der Waals surface area contributed by atoms with Crippen molar-refractivity contribution < 1.29 is 19.2 Å². The summed E-state index contributed by atoms with van der Waals surface area (Å²) in [6.45, 7) is 0.484. The molecule has 3 saturated heterocycles. The third kappa shape index (κ3) is 4.10. The van der Waals surface area contributed by atoms with Crippen LogP contribution in [-0.2, 0) is 19.2 Å². The lowest BCUT2D eigenvalue weighted by Gasteiger charge is -2.35. The van der Waals surface area contributed by atoms with Gasteiger partial charge in [-0.25, -0.2) is 0 Å². The molecule has 3 aliphatic rings. The highest BCUT2D eigenvalue weighted by atomic mass is 16.2. The van der Waals surface area contributed by atoms with Crippen molar-refractivity contribution in [3.05, 3.63) is 30.3 Å². The van der Waals surface area contributed by atoms with Crippen LogP contribution in [0.5, 0.6) is 0 Å². The number of anilines is 1. The molecule has 0 unspecified atom stereocenters. The van der Waals surface area contributed by atoms with E-state index in [1.807, 2.05) is 6.07 Å². The molecule has 2 atom stereocenters. The fraction of sp³-hybridized carbons (Fsp3) is 0.474. The lowest BCUT2D eigenvalue weighted by Crippen LogP contribution is -2.51. The highest BCUT2D eigenvalue weighted by molar-refractivity contribution is 6.39. The molecule has 8 nitrogen and oxygen atoms in total. The zero-order valence-electron chi connectivity index (χ0n) is 15.6. The summed E-state index contributed by atoms with van der Waals surface area (Å²) < 4.78 is 0. The Balaban J connectivity index is 1.70. The van der Waals surface area contributed by atoms with Crippen molar-refractivity contribution in [2.24, 2.45) is 5.92 Å². The number of carbonyl (C=O) groups is 4. The zero-order valence-corrected chi connectivity index (χ0v) is 15.6. The Hall–Kier alpha value is -2.90. The monoisotopic (exact) mass is 372 g/mol. The van der Waals surface area contributed by atoms with Crippen molar-refractivity contribution in [1.82, 2.24) is 14.7 Å². The van der Waals surface area contributed by atoms with Crippen molar-refractivity contribution in [2.75, 3.05) is 39.0 Å². The summed E-state index contributed by atoms with van der Waals surface area (Å²) in [4.78, 5) is 54.2. The summed E-state index contributed by atoms with van der Waals surface area (Å²) in [6, 6.07) is 8.52. The molecule has 0 saturated carbocycles. The quantitative estimate of drug-likeness (QED) is 0.766. The molecular weight excluding hydrogens is 348 g/mol. The van der Waals surface area contributed by atoms with Crippen LogP contribution in [0.4, 0.5) is 5.69 Å². The summed E-state index contributed by atoms with van der Waals surface area (Å²) in [5.41, 5.74) is 0.544. The molecule has 27 heavy (non-hydrogen) atoms. The largest absolute Gasteiger partial charge is 0.347 e. The Labute approximate surface area is 158 Å². The second kappa shape index (κ2) is 7.77. The summed E-state index contributed by atoms with van der Waals surface area (Å²) in [5.74, 6) is -2.00. The van der Waals surface area contributed by atoms with Crippen LogP contribution in [0.2, 0.25) is 0 Å². The van der Waals surface area contributed by atoms with Gasteiger partial charge in [0, 0.05) is 38.9 Å². The fourth-order valence-corrected chi connectivity index (χ4v) is 3.55. The van der Waals surface area contributed by atoms with E-state index in [-0.39, 0.29) is 43.4 Å². The number of benzene rings is 1. The van der Waals surface area contributed by atoms with Crippen LogP contribution < -0.4 is 5.32 Å². The highest BCUT2D eigenvalue weighted by Gasteiger charge is 2.43. The van der Waals surface area contributed by atoms with Crippen LogP contribution in [0.1, 0.15) is 12.8 Å². The SMILES string of the molecule is CN(C)C(=O)CN1C(=O)[C@H]2CC[C@@H]1CN(C(=O)C(=O)Nc1ccccc1)C2. The van der Waals surface area contributed by atoms with E-state index in [9.17, 15) is 19.2 Å². The molecule has 144 valence electrons. The Kier molecular flexibility index (Phi) is 5.43. The van der Waals surface area contributed by atoms with E-state index in [2.05, 4.69) is 5.32 Å². The van der Waals surface area contributed by atoms with Crippen molar-refractivity contribution >= 4 is 29.3 Å². The molecular formula is C19H24N4O4. The van der Waals surface area contributed by atoms with Gasteiger partial charge in [0.05, 0.1) is 5.92 Å². The first-order valence-corrected chi connectivity index (χ1v) is 9.02. The molecule has 0 spiro atoms. The van der Waals surface area contributed by atoms with Gasteiger partial charge in [0.1, 0.15) is 6.54 Å². The molecule has 4 amide bonds. The first-order chi connectivity index (χ1) is 12.9. The molecule has 3 heterocycles. The first-order valence-electron chi connectivity index (χ1n) is 9.02. The van der Waals surface area contributed by atoms with E-state index in [1.165, 1.54) is 9.80 Å². The fourth-order valence-electron chi connectivity index (χ4n) is 3.55. The molecule has 1 aromatic carbocycles. The van der Waals surface area contributed by atoms with Gasteiger partial charge in [-0.15, -0.1) is 0 Å². The van der Waals surface area contributed by atoms with Crippen LogP contribution in [0.25, 0.3) is 0 Å². The first kappa shape index (κ1) is 18.9. The van der Waals surface area contributed by atoms with Gasteiger partial charge in [-0.1, -0.05) is 18.2 Å². The summed E-state index contributed by atoms with van der Waals surface area (Å²) >= 11 is 0. The second-order valence-electron chi connectivity index (χ2n) is 7.21. The number of nitrogens with zero attached hydrogens (tertiary/aromatic N) is 3.